The first-order valence-electron chi connectivity index (χ1n) is 5.51. The number of hydrogen-bond acceptors (Lipinski definition) is 3. The minimum Gasteiger partial charge on any atom is -0.393 e. The van der Waals surface area contributed by atoms with Gasteiger partial charge in [-0.1, -0.05) is 23.2 Å². The second kappa shape index (κ2) is 5.26. The Morgan fingerprint density at radius 2 is 2.17 bits per heavy atom. The van der Waals surface area contributed by atoms with Crippen LogP contribution in [0.15, 0.2) is 23.3 Å². The van der Waals surface area contributed by atoms with E-state index >= 15 is 0 Å². The zero-order valence-electron chi connectivity index (χ0n) is 9.73. The number of aromatic nitrogens is 2. The SMILES string of the molecule is CC(O)CCn1cnc2c(Cl)cc(Cl)cc2c1=O. The molecule has 4 nitrogen and oxygen atoms in total. The third-order valence-corrected chi connectivity index (χ3v) is 3.14. The Labute approximate surface area is 114 Å². The summed E-state index contributed by atoms with van der Waals surface area (Å²) in [5.41, 5.74) is 0.240. The minimum absolute atomic E-state index is 0.204. The van der Waals surface area contributed by atoms with Gasteiger partial charge in [-0.15, -0.1) is 0 Å². The van der Waals surface area contributed by atoms with Gasteiger partial charge in [0.15, 0.2) is 0 Å². The molecule has 1 heterocycles. The van der Waals surface area contributed by atoms with Gasteiger partial charge in [-0.25, -0.2) is 4.98 Å². The number of rotatable bonds is 3. The van der Waals surface area contributed by atoms with Gasteiger partial charge in [0.2, 0.25) is 0 Å². The molecular formula is C12H12Cl2N2O2. The Morgan fingerprint density at radius 3 is 2.83 bits per heavy atom. The Bertz CT molecular complexity index is 638. The predicted octanol–water partition coefficient (Wildman–Crippen LogP) is 2.47. The van der Waals surface area contributed by atoms with Gasteiger partial charge in [0, 0.05) is 11.6 Å². The number of hydrogen-bond donors (Lipinski definition) is 1. The fourth-order valence-corrected chi connectivity index (χ4v) is 2.22. The Balaban J connectivity index is 2.53. The highest BCUT2D eigenvalue weighted by molar-refractivity contribution is 6.38. The van der Waals surface area contributed by atoms with Crippen molar-refractivity contribution in [2.24, 2.45) is 0 Å². The summed E-state index contributed by atoms with van der Waals surface area (Å²) in [5, 5.41) is 10.4. The highest BCUT2D eigenvalue weighted by Crippen LogP contribution is 2.23. The average Bonchev–Trinajstić information content (AvgIpc) is 2.29. The molecule has 0 aliphatic heterocycles. The molecule has 0 aliphatic rings. The topological polar surface area (TPSA) is 55.1 Å². The molecular weight excluding hydrogens is 275 g/mol. The maximum Gasteiger partial charge on any atom is 0.261 e. The summed E-state index contributed by atoms with van der Waals surface area (Å²) in [5.74, 6) is 0. The predicted molar refractivity (Wildman–Crippen MR) is 72.3 cm³/mol. The maximum absolute atomic E-state index is 12.2. The quantitative estimate of drug-likeness (QED) is 0.943. The van der Waals surface area contributed by atoms with Gasteiger partial charge in [-0.05, 0) is 25.5 Å². The molecule has 18 heavy (non-hydrogen) atoms. The van der Waals surface area contributed by atoms with Crippen LogP contribution in [0, 0.1) is 0 Å². The smallest absolute Gasteiger partial charge is 0.261 e. The molecule has 1 aromatic carbocycles. The largest absolute Gasteiger partial charge is 0.393 e. The molecule has 1 unspecified atom stereocenters. The van der Waals surface area contributed by atoms with Crippen molar-refractivity contribution in [3.05, 3.63) is 38.9 Å². The molecule has 0 radical (unpaired) electrons. The van der Waals surface area contributed by atoms with Crippen LogP contribution in [0.5, 0.6) is 0 Å². The normalized spacial score (nSPS) is 12.9. The van der Waals surface area contributed by atoms with Gasteiger partial charge >= 0.3 is 0 Å². The molecule has 0 saturated carbocycles. The second-order valence-corrected chi connectivity index (χ2v) is 5.01. The molecule has 1 N–H and O–H groups in total. The number of aryl methyl sites for hydroxylation is 1. The number of halogens is 2. The summed E-state index contributed by atoms with van der Waals surface area (Å²) in [7, 11) is 0. The molecule has 1 atom stereocenters. The molecule has 0 amide bonds. The maximum atomic E-state index is 12.2. The van der Waals surface area contributed by atoms with Crippen molar-refractivity contribution in [1.29, 1.82) is 0 Å². The summed E-state index contributed by atoms with van der Waals surface area (Å²) in [6.45, 7) is 2.08. The Morgan fingerprint density at radius 1 is 1.44 bits per heavy atom. The van der Waals surface area contributed by atoms with Crippen LogP contribution in [0.1, 0.15) is 13.3 Å². The van der Waals surface area contributed by atoms with Gasteiger partial charge < -0.3 is 5.11 Å². The van der Waals surface area contributed by atoms with Crippen LogP contribution in [-0.4, -0.2) is 20.8 Å². The van der Waals surface area contributed by atoms with Crippen molar-refractivity contribution >= 4 is 34.1 Å². The average molecular weight is 287 g/mol. The highest BCUT2D eigenvalue weighted by Gasteiger charge is 2.09. The molecule has 0 fully saturated rings. The van der Waals surface area contributed by atoms with Crippen molar-refractivity contribution in [3.8, 4) is 0 Å². The molecule has 0 aliphatic carbocycles. The lowest BCUT2D eigenvalue weighted by atomic mass is 10.2. The third-order valence-electron chi connectivity index (χ3n) is 2.63. The molecule has 96 valence electrons. The lowest BCUT2D eigenvalue weighted by Gasteiger charge is -2.08. The lowest BCUT2D eigenvalue weighted by Crippen LogP contribution is -2.22. The standard InChI is InChI=1S/C12H12Cl2N2O2/c1-7(17)2-3-16-6-15-11-9(12(16)18)4-8(13)5-10(11)14/h4-7,17H,2-3H2,1H3. The van der Waals surface area contributed by atoms with E-state index in [0.29, 0.717) is 33.9 Å². The summed E-state index contributed by atoms with van der Waals surface area (Å²) in [6, 6.07) is 3.11. The first-order valence-corrected chi connectivity index (χ1v) is 6.27. The lowest BCUT2D eigenvalue weighted by molar-refractivity contribution is 0.177. The number of aliphatic hydroxyl groups is 1. The highest BCUT2D eigenvalue weighted by atomic mass is 35.5. The van der Waals surface area contributed by atoms with E-state index in [0.717, 1.165) is 0 Å². The van der Waals surface area contributed by atoms with Gasteiger partial charge in [0.1, 0.15) is 0 Å². The van der Waals surface area contributed by atoms with Crippen LogP contribution in [0.2, 0.25) is 10.0 Å². The van der Waals surface area contributed by atoms with Gasteiger partial charge in [0.25, 0.3) is 5.56 Å². The first kappa shape index (κ1) is 13.3. The number of nitrogens with zero attached hydrogens (tertiary/aromatic N) is 2. The zero-order chi connectivity index (χ0) is 13.3. The van der Waals surface area contributed by atoms with E-state index < -0.39 is 6.10 Å². The molecule has 0 bridgehead atoms. The fourth-order valence-electron chi connectivity index (χ4n) is 1.68. The van der Waals surface area contributed by atoms with Gasteiger partial charge in [-0.2, -0.15) is 0 Å². The van der Waals surface area contributed by atoms with Crippen molar-refractivity contribution in [2.45, 2.75) is 26.0 Å². The van der Waals surface area contributed by atoms with E-state index in [1.54, 1.807) is 19.1 Å². The fraction of sp³-hybridized carbons (Fsp3) is 0.333. The van der Waals surface area contributed by atoms with E-state index in [4.69, 9.17) is 23.2 Å². The monoisotopic (exact) mass is 286 g/mol. The van der Waals surface area contributed by atoms with Crippen molar-refractivity contribution < 1.29 is 5.11 Å². The first-order chi connectivity index (χ1) is 8.49. The number of fused-ring (bicyclic) bond motifs is 1. The molecule has 2 rings (SSSR count). The van der Waals surface area contributed by atoms with E-state index in [1.165, 1.54) is 10.9 Å². The van der Waals surface area contributed by atoms with E-state index in [9.17, 15) is 9.90 Å². The van der Waals surface area contributed by atoms with Crippen molar-refractivity contribution in [1.82, 2.24) is 9.55 Å². The molecule has 0 saturated heterocycles. The van der Waals surface area contributed by atoms with Crippen molar-refractivity contribution in [2.75, 3.05) is 0 Å². The van der Waals surface area contributed by atoms with E-state index in [-0.39, 0.29) is 5.56 Å². The van der Waals surface area contributed by atoms with E-state index in [1.807, 2.05) is 0 Å². The van der Waals surface area contributed by atoms with Crippen molar-refractivity contribution in [3.63, 3.8) is 0 Å². The molecule has 6 heteroatoms. The van der Waals surface area contributed by atoms with Gasteiger partial charge in [0.05, 0.1) is 28.4 Å². The summed E-state index contributed by atoms with van der Waals surface area (Å²) < 4.78 is 1.45. The van der Waals surface area contributed by atoms with Crippen LogP contribution < -0.4 is 5.56 Å². The summed E-state index contributed by atoms with van der Waals surface area (Å²) >= 11 is 11.9. The Kier molecular flexibility index (Phi) is 3.90. The Hall–Kier alpha value is -1.10. The molecule has 2 aromatic rings. The molecule has 1 aromatic heterocycles. The van der Waals surface area contributed by atoms with Gasteiger partial charge in [-0.3, -0.25) is 9.36 Å². The van der Waals surface area contributed by atoms with E-state index in [2.05, 4.69) is 4.98 Å². The van der Waals surface area contributed by atoms with Crippen LogP contribution in [0.3, 0.4) is 0 Å². The summed E-state index contributed by atoms with van der Waals surface area (Å²) in [6.07, 6.45) is 1.46. The summed E-state index contributed by atoms with van der Waals surface area (Å²) in [4.78, 5) is 16.3. The number of aliphatic hydroxyl groups excluding tert-OH is 1. The second-order valence-electron chi connectivity index (χ2n) is 4.16. The minimum atomic E-state index is -0.462. The zero-order valence-corrected chi connectivity index (χ0v) is 11.2. The van der Waals surface area contributed by atoms with Crippen LogP contribution in [0.25, 0.3) is 10.9 Å². The van der Waals surface area contributed by atoms with Crippen LogP contribution in [0.4, 0.5) is 0 Å². The third kappa shape index (κ3) is 2.66. The van der Waals surface area contributed by atoms with Crippen LogP contribution >= 0.6 is 23.2 Å². The molecule has 0 spiro atoms. The number of benzene rings is 1. The van der Waals surface area contributed by atoms with Crippen LogP contribution in [-0.2, 0) is 6.54 Å².